The summed E-state index contributed by atoms with van der Waals surface area (Å²) in [5.74, 6) is -1.80. The van der Waals surface area contributed by atoms with Crippen LogP contribution in [0, 0.1) is 5.82 Å². The quantitative estimate of drug-likeness (QED) is 0.307. The van der Waals surface area contributed by atoms with Crippen molar-refractivity contribution in [2.75, 3.05) is 26.7 Å². The summed E-state index contributed by atoms with van der Waals surface area (Å²) >= 11 is 0. The molecule has 0 spiro atoms. The van der Waals surface area contributed by atoms with Gasteiger partial charge in [0.2, 0.25) is 11.8 Å². The molecule has 4 heterocycles. The molecular weight excluding hydrogens is 609 g/mol. The Morgan fingerprint density at radius 3 is 2.68 bits per heavy atom. The minimum absolute atomic E-state index is 0.0244. The lowest BCUT2D eigenvalue weighted by molar-refractivity contribution is -0.129. The number of hydrogen-bond donors (Lipinski definition) is 3. The fourth-order valence-electron chi connectivity index (χ4n) is 5.14. The second kappa shape index (κ2) is 15.2. The molecule has 14 heteroatoms. The first-order valence-corrected chi connectivity index (χ1v) is 15.3. The largest absolute Gasteiger partial charge is 0.493 e. The molecule has 1 atom stereocenters. The molecule has 0 saturated heterocycles. The minimum atomic E-state index is -0.790. The van der Waals surface area contributed by atoms with Crippen molar-refractivity contribution in [3.05, 3.63) is 83.6 Å². The highest BCUT2D eigenvalue weighted by atomic mass is 19.1. The lowest BCUT2D eigenvalue weighted by atomic mass is 10.1. The van der Waals surface area contributed by atoms with Crippen molar-refractivity contribution in [2.45, 2.75) is 45.2 Å². The van der Waals surface area contributed by atoms with Crippen LogP contribution in [0.15, 0.2) is 60.9 Å². The maximum Gasteiger partial charge on any atom is 0.274 e. The molecule has 0 aliphatic carbocycles. The molecule has 6 rings (SSSR count). The van der Waals surface area contributed by atoms with Crippen LogP contribution in [0.2, 0.25) is 0 Å². The first-order valence-electron chi connectivity index (χ1n) is 15.3. The summed E-state index contributed by atoms with van der Waals surface area (Å²) in [4.78, 5) is 58.2. The third-order valence-corrected chi connectivity index (χ3v) is 7.68. The highest BCUT2D eigenvalue weighted by Crippen LogP contribution is 2.34. The molecular formula is C33H36FN7O6. The molecule has 246 valence electrons. The molecule has 4 amide bonds. The number of rotatable bonds is 3. The number of carbonyl (C=O) groups excluding carboxylic acids is 4. The Hall–Kier alpha value is -5.53. The first kappa shape index (κ1) is 32.9. The summed E-state index contributed by atoms with van der Waals surface area (Å²) in [5.41, 5.74) is 1.53. The standard InChI is InChI=1S/C33H36FN7O6/c1-3-24-32(44)37-19-21-9-11-26(23(34)17-21)47-28-18-22(10-12-27(28)46-2)31(43)35-13-6-16-40(15-5-8-30(42)39-24)33(45)25-20-36-29-7-4-14-38-41(25)29/h4,7,9-12,14,17-18,20,24H,3,5-6,8,13,15-16,19H2,1-2H3,(H,35,43)(H,37,44)(H,39,42)/t24-/m0/s1. The van der Waals surface area contributed by atoms with E-state index in [1.54, 1.807) is 48.4 Å². The zero-order chi connectivity index (χ0) is 33.3. The van der Waals surface area contributed by atoms with E-state index in [9.17, 15) is 19.2 Å². The summed E-state index contributed by atoms with van der Waals surface area (Å²) in [5, 5.41) is 12.6. The van der Waals surface area contributed by atoms with Crippen LogP contribution in [0.3, 0.4) is 0 Å². The third-order valence-electron chi connectivity index (χ3n) is 7.68. The van der Waals surface area contributed by atoms with Crippen LogP contribution >= 0.6 is 0 Å². The highest BCUT2D eigenvalue weighted by molar-refractivity contribution is 5.95. The van der Waals surface area contributed by atoms with E-state index >= 15 is 4.39 Å². The number of methoxy groups -OCH3 is 1. The van der Waals surface area contributed by atoms with E-state index in [2.05, 4.69) is 26.0 Å². The van der Waals surface area contributed by atoms with E-state index in [4.69, 9.17) is 9.47 Å². The summed E-state index contributed by atoms with van der Waals surface area (Å²) in [6.07, 6.45) is 4.16. The van der Waals surface area contributed by atoms with Crippen molar-refractivity contribution in [3.8, 4) is 17.2 Å². The molecule has 0 saturated carbocycles. The van der Waals surface area contributed by atoms with Gasteiger partial charge in [-0.15, -0.1) is 0 Å². The second-order valence-corrected chi connectivity index (χ2v) is 10.9. The van der Waals surface area contributed by atoms with Crippen LogP contribution in [-0.4, -0.2) is 75.9 Å². The normalized spacial score (nSPS) is 17.0. The molecule has 0 fully saturated rings. The number of halogens is 1. The van der Waals surface area contributed by atoms with Gasteiger partial charge in [-0.2, -0.15) is 5.10 Å². The van der Waals surface area contributed by atoms with Crippen molar-refractivity contribution < 1.29 is 33.0 Å². The van der Waals surface area contributed by atoms with Gasteiger partial charge in [-0.1, -0.05) is 13.0 Å². The molecule has 0 radical (unpaired) electrons. The smallest absolute Gasteiger partial charge is 0.274 e. The van der Waals surface area contributed by atoms with Gasteiger partial charge >= 0.3 is 0 Å². The zero-order valence-electron chi connectivity index (χ0n) is 26.1. The fraction of sp³-hybridized carbons (Fsp3) is 0.333. The number of fused-ring (bicyclic) bond motifs is 17. The van der Waals surface area contributed by atoms with Gasteiger partial charge in [0, 0.05) is 44.4 Å². The zero-order valence-corrected chi connectivity index (χ0v) is 26.1. The lowest BCUT2D eigenvalue weighted by Crippen LogP contribution is -2.46. The van der Waals surface area contributed by atoms with Gasteiger partial charge in [-0.25, -0.2) is 13.9 Å². The van der Waals surface area contributed by atoms with E-state index in [1.807, 2.05) is 0 Å². The Kier molecular flexibility index (Phi) is 10.6. The van der Waals surface area contributed by atoms with E-state index in [-0.39, 0.29) is 67.2 Å². The van der Waals surface area contributed by atoms with Gasteiger partial charge in [-0.05, 0) is 67.3 Å². The van der Waals surface area contributed by atoms with E-state index in [1.165, 1.54) is 36.0 Å². The summed E-state index contributed by atoms with van der Waals surface area (Å²) < 4.78 is 27.7. The van der Waals surface area contributed by atoms with Crippen molar-refractivity contribution in [2.24, 2.45) is 0 Å². The van der Waals surface area contributed by atoms with Crippen LogP contribution in [0.4, 0.5) is 4.39 Å². The molecule has 2 aromatic heterocycles. The van der Waals surface area contributed by atoms with Crippen molar-refractivity contribution in [1.29, 1.82) is 0 Å². The van der Waals surface area contributed by atoms with Crippen LogP contribution in [0.25, 0.3) is 5.65 Å². The number of nitrogens with one attached hydrogen (secondary N) is 3. The van der Waals surface area contributed by atoms with Gasteiger partial charge < -0.3 is 30.3 Å². The Bertz CT molecular complexity index is 1780. The number of imidazole rings is 1. The Balaban J connectivity index is 1.38. The van der Waals surface area contributed by atoms with Crippen LogP contribution in [0.5, 0.6) is 17.2 Å². The molecule has 2 aliphatic rings. The Labute approximate surface area is 270 Å². The number of carbonyl (C=O) groups is 4. The van der Waals surface area contributed by atoms with Crippen LogP contribution in [-0.2, 0) is 16.1 Å². The van der Waals surface area contributed by atoms with Gasteiger partial charge in [0.1, 0.15) is 6.04 Å². The molecule has 3 N–H and O–H groups in total. The van der Waals surface area contributed by atoms with Gasteiger partial charge in [0.05, 0.1) is 13.3 Å². The topological polar surface area (TPSA) is 156 Å². The average Bonchev–Trinajstić information content (AvgIpc) is 3.51. The van der Waals surface area contributed by atoms with Crippen LogP contribution in [0.1, 0.15) is 59.0 Å². The predicted octanol–water partition coefficient (Wildman–Crippen LogP) is 3.24. The average molecular weight is 646 g/mol. The second-order valence-electron chi connectivity index (χ2n) is 10.9. The molecule has 47 heavy (non-hydrogen) atoms. The summed E-state index contributed by atoms with van der Waals surface area (Å²) in [6.45, 7) is 2.54. The predicted molar refractivity (Wildman–Crippen MR) is 169 cm³/mol. The van der Waals surface area contributed by atoms with Crippen molar-refractivity contribution >= 4 is 29.3 Å². The van der Waals surface area contributed by atoms with Crippen molar-refractivity contribution in [3.63, 3.8) is 0 Å². The maximum absolute atomic E-state index is 15.1. The van der Waals surface area contributed by atoms with Crippen LogP contribution < -0.4 is 25.4 Å². The van der Waals surface area contributed by atoms with Gasteiger partial charge in [-0.3, -0.25) is 19.2 Å². The Morgan fingerprint density at radius 1 is 1.06 bits per heavy atom. The molecule has 13 nitrogen and oxygen atoms in total. The number of hydrogen-bond acceptors (Lipinski definition) is 8. The van der Waals surface area contributed by atoms with E-state index < -0.39 is 23.7 Å². The number of benzene rings is 2. The number of aromatic nitrogens is 3. The monoisotopic (exact) mass is 645 g/mol. The van der Waals surface area contributed by atoms with E-state index in [0.29, 0.717) is 36.2 Å². The molecule has 4 aromatic rings. The minimum Gasteiger partial charge on any atom is -0.493 e. The van der Waals surface area contributed by atoms with Crippen molar-refractivity contribution in [1.82, 2.24) is 35.4 Å². The number of nitrogens with zero attached hydrogens (tertiary/aromatic N) is 4. The third kappa shape index (κ3) is 8.01. The van der Waals surface area contributed by atoms with E-state index in [0.717, 1.165) is 0 Å². The Morgan fingerprint density at radius 2 is 1.89 bits per heavy atom. The molecule has 0 unspecified atom stereocenters. The van der Waals surface area contributed by atoms with Gasteiger partial charge in [0.15, 0.2) is 34.4 Å². The molecule has 4 bridgehead atoms. The molecule has 2 aliphatic heterocycles. The number of amides is 4. The maximum atomic E-state index is 15.1. The summed E-state index contributed by atoms with van der Waals surface area (Å²) in [6, 6.07) is 11.5. The van der Waals surface area contributed by atoms with Gasteiger partial charge in [0.25, 0.3) is 11.8 Å². The first-order chi connectivity index (χ1) is 22.8. The SMILES string of the molecule is CC[C@@H]1NC(=O)CCCN(C(=O)c2cnc3cccnn23)CCCNC(=O)c2ccc(OC)c(c2)Oc2ccc(cc2F)CNC1=O. The highest BCUT2D eigenvalue weighted by Gasteiger charge is 2.23. The molecule has 2 aromatic carbocycles. The summed E-state index contributed by atoms with van der Waals surface area (Å²) in [7, 11) is 1.43. The number of ether oxygens (including phenoxy) is 2. The lowest BCUT2D eigenvalue weighted by Gasteiger charge is -2.23. The fourth-order valence-corrected chi connectivity index (χ4v) is 5.14.